The maximum absolute atomic E-state index is 11.3. The van der Waals surface area contributed by atoms with Crippen molar-refractivity contribution >= 4 is 0 Å². The van der Waals surface area contributed by atoms with Gasteiger partial charge in [-0.1, -0.05) is 26.8 Å². The molecule has 0 radical (unpaired) electrons. The van der Waals surface area contributed by atoms with Gasteiger partial charge in [0.05, 0.1) is 6.10 Å². The summed E-state index contributed by atoms with van der Waals surface area (Å²) in [6.07, 6.45) is 7.97. The number of nitrogens with zero attached hydrogens (tertiary/aromatic N) is 1. The van der Waals surface area contributed by atoms with Crippen LogP contribution in [0.25, 0.3) is 0 Å². The summed E-state index contributed by atoms with van der Waals surface area (Å²) in [6, 6.07) is 0.760. The number of piperidine rings is 1. The van der Waals surface area contributed by atoms with Crippen LogP contribution in [0, 0.1) is 39.9 Å². The van der Waals surface area contributed by atoms with E-state index in [1.807, 2.05) is 0 Å². The summed E-state index contributed by atoms with van der Waals surface area (Å²) in [7, 11) is 0. The average Bonchev–Trinajstić information content (AvgIpc) is 2.91. The average molecular weight is 313 g/mol. The van der Waals surface area contributed by atoms with Gasteiger partial charge >= 0.3 is 0 Å². The highest BCUT2D eigenvalue weighted by molar-refractivity contribution is 5.33. The van der Waals surface area contributed by atoms with Gasteiger partial charge < -0.3 is 5.11 Å². The number of rotatable bonds is 0. The highest BCUT2D eigenvalue weighted by Gasteiger charge is 2.77. The minimum Gasteiger partial charge on any atom is -0.388 e. The Balaban J connectivity index is 1.56. The normalized spacial score (nSPS) is 68.3. The number of fused-ring (bicyclic) bond motifs is 2. The van der Waals surface area contributed by atoms with Crippen LogP contribution in [0.2, 0.25) is 0 Å². The van der Waals surface area contributed by atoms with Gasteiger partial charge in [-0.3, -0.25) is 4.90 Å². The van der Waals surface area contributed by atoms with E-state index in [2.05, 4.69) is 25.3 Å². The van der Waals surface area contributed by atoms with E-state index < -0.39 is 0 Å². The molecule has 2 aliphatic heterocycles. The lowest BCUT2D eigenvalue weighted by Gasteiger charge is -2.70. The summed E-state index contributed by atoms with van der Waals surface area (Å²) in [6.45, 7) is 12.1. The van der Waals surface area contributed by atoms with Gasteiger partial charge in [0.2, 0.25) is 0 Å². The fraction of sp³-hybridized carbons (Fsp3) is 0.905. The van der Waals surface area contributed by atoms with Crippen LogP contribution in [-0.4, -0.2) is 35.2 Å². The molecule has 7 rings (SSSR count). The molecule has 2 nitrogen and oxygen atoms in total. The van der Waals surface area contributed by atoms with Crippen LogP contribution < -0.4 is 0 Å². The third-order valence-corrected chi connectivity index (χ3v) is 10.0. The van der Waals surface area contributed by atoms with Gasteiger partial charge in [0.25, 0.3) is 0 Å². The predicted octanol–water partition coefficient (Wildman–Crippen LogP) is 3.46. The first-order valence-corrected chi connectivity index (χ1v) is 10.0. The molecule has 0 aromatic carbocycles. The summed E-state index contributed by atoms with van der Waals surface area (Å²) in [5.41, 5.74) is 2.45. The van der Waals surface area contributed by atoms with Gasteiger partial charge in [0.15, 0.2) is 0 Å². The van der Waals surface area contributed by atoms with Crippen LogP contribution in [0.1, 0.15) is 52.4 Å². The molecule has 23 heavy (non-hydrogen) atoms. The molecule has 2 heteroatoms. The number of hydrogen-bond acceptors (Lipinski definition) is 2. The highest BCUT2D eigenvalue weighted by atomic mass is 16.3. The Kier molecular flexibility index (Phi) is 2.26. The third kappa shape index (κ3) is 1.23. The summed E-state index contributed by atoms with van der Waals surface area (Å²) in [5.74, 6) is 2.96. The SMILES string of the molecule is C=C1C2CC(C)C3(CC4C5C6(C)CCCC5(CN4C6)C3C2)C1O. The van der Waals surface area contributed by atoms with E-state index in [0.717, 1.165) is 17.9 Å². The van der Waals surface area contributed by atoms with Crippen LogP contribution in [0.5, 0.6) is 0 Å². The maximum Gasteiger partial charge on any atom is 0.0812 e. The molecule has 7 fully saturated rings. The van der Waals surface area contributed by atoms with Gasteiger partial charge in [-0.05, 0) is 72.2 Å². The van der Waals surface area contributed by atoms with Crippen molar-refractivity contribution in [2.24, 2.45) is 39.9 Å². The fourth-order valence-electron chi connectivity index (χ4n) is 9.63. The van der Waals surface area contributed by atoms with Crippen LogP contribution in [0.3, 0.4) is 0 Å². The van der Waals surface area contributed by atoms with Crippen molar-refractivity contribution in [2.45, 2.75) is 64.5 Å². The maximum atomic E-state index is 11.3. The highest BCUT2D eigenvalue weighted by Crippen LogP contribution is 2.78. The monoisotopic (exact) mass is 313 g/mol. The molecule has 6 bridgehead atoms. The van der Waals surface area contributed by atoms with Gasteiger partial charge in [0.1, 0.15) is 0 Å². The van der Waals surface area contributed by atoms with Crippen molar-refractivity contribution in [3.8, 4) is 0 Å². The summed E-state index contributed by atoms with van der Waals surface area (Å²) >= 11 is 0. The predicted molar refractivity (Wildman–Crippen MR) is 90.8 cm³/mol. The summed E-state index contributed by atoms with van der Waals surface area (Å²) in [4.78, 5) is 2.87. The smallest absolute Gasteiger partial charge is 0.0812 e. The Labute approximate surface area is 140 Å². The number of hydrogen-bond donors (Lipinski definition) is 1. The second kappa shape index (κ2) is 3.75. The third-order valence-electron chi connectivity index (χ3n) is 10.0. The quantitative estimate of drug-likeness (QED) is 0.692. The molecular formula is C21H31NO. The first-order valence-electron chi connectivity index (χ1n) is 10.0. The lowest BCUT2D eigenvalue weighted by Crippen LogP contribution is -2.68. The lowest BCUT2D eigenvalue weighted by molar-refractivity contribution is -0.212. The molecule has 2 heterocycles. The molecule has 0 amide bonds. The first-order chi connectivity index (χ1) is 10.9. The molecule has 7 aliphatic rings. The van der Waals surface area contributed by atoms with Gasteiger partial charge in [-0.15, -0.1) is 0 Å². The van der Waals surface area contributed by atoms with E-state index in [-0.39, 0.29) is 11.5 Å². The van der Waals surface area contributed by atoms with E-state index in [1.54, 1.807) is 0 Å². The van der Waals surface area contributed by atoms with Crippen LogP contribution in [0.4, 0.5) is 0 Å². The molecule has 2 saturated heterocycles. The van der Waals surface area contributed by atoms with Crippen molar-refractivity contribution in [3.05, 3.63) is 12.2 Å². The second-order valence-electron chi connectivity index (χ2n) is 10.6. The van der Waals surface area contributed by atoms with Crippen molar-refractivity contribution < 1.29 is 5.11 Å². The Morgan fingerprint density at radius 2 is 2.04 bits per heavy atom. The molecule has 10 atom stereocenters. The van der Waals surface area contributed by atoms with E-state index in [1.165, 1.54) is 57.2 Å². The molecule has 10 unspecified atom stereocenters. The molecule has 5 saturated carbocycles. The fourth-order valence-corrected chi connectivity index (χ4v) is 9.63. The summed E-state index contributed by atoms with van der Waals surface area (Å²) in [5, 5.41) is 11.3. The molecule has 1 spiro atoms. The molecule has 1 N–H and O–H groups in total. The molecule has 5 aliphatic carbocycles. The number of aliphatic hydroxyl groups is 1. The zero-order valence-corrected chi connectivity index (χ0v) is 14.7. The zero-order valence-electron chi connectivity index (χ0n) is 14.7. The minimum absolute atomic E-state index is 0.157. The van der Waals surface area contributed by atoms with Crippen molar-refractivity contribution in [1.82, 2.24) is 4.90 Å². The van der Waals surface area contributed by atoms with Crippen LogP contribution >= 0.6 is 0 Å². The second-order valence-corrected chi connectivity index (χ2v) is 10.6. The minimum atomic E-state index is -0.221. The Bertz CT molecular complexity index is 615. The topological polar surface area (TPSA) is 23.5 Å². The molecular weight excluding hydrogens is 282 g/mol. The Hall–Kier alpha value is -0.340. The van der Waals surface area contributed by atoms with Crippen molar-refractivity contribution in [1.29, 1.82) is 0 Å². The van der Waals surface area contributed by atoms with Crippen LogP contribution in [-0.2, 0) is 0 Å². The van der Waals surface area contributed by atoms with E-state index in [9.17, 15) is 5.11 Å². The van der Waals surface area contributed by atoms with Crippen LogP contribution in [0.15, 0.2) is 12.2 Å². The van der Waals surface area contributed by atoms with E-state index in [4.69, 9.17) is 0 Å². The Morgan fingerprint density at radius 3 is 2.87 bits per heavy atom. The standard InChI is InChI=1S/C21H31NO/c1-12-7-14-8-16-20-6-4-5-19(3)10-22(11-20)15(17(19)20)9-21(12,16)18(23)13(14)2/h12,14-18,23H,2,4-11H2,1,3H3. The largest absolute Gasteiger partial charge is 0.388 e. The molecule has 0 aromatic heterocycles. The Morgan fingerprint density at radius 1 is 1.22 bits per heavy atom. The van der Waals surface area contributed by atoms with Crippen molar-refractivity contribution in [3.63, 3.8) is 0 Å². The van der Waals surface area contributed by atoms with Crippen molar-refractivity contribution in [2.75, 3.05) is 13.1 Å². The van der Waals surface area contributed by atoms with E-state index >= 15 is 0 Å². The first kappa shape index (κ1) is 13.9. The van der Waals surface area contributed by atoms with Gasteiger partial charge in [-0.25, -0.2) is 0 Å². The lowest BCUT2D eigenvalue weighted by atomic mass is 9.34. The van der Waals surface area contributed by atoms with E-state index in [0.29, 0.717) is 22.7 Å². The van der Waals surface area contributed by atoms with Gasteiger partial charge in [0, 0.05) is 24.5 Å². The molecule has 0 aromatic rings. The zero-order chi connectivity index (χ0) is 15.8. The summed E-state index contributed by atoms with van der Waals surface area (Å²) < 4.78 is 0. The number of aliphatic hydroxyl groups excluding tert-OH is 1. The van der Waals surface area contributed by atoms with Gasteiger partial charge in [-0.2, -0.15) is 0 Å². The molecule has 126 valence electrons.